The SMILES string of the molecule is COCC(C)c1nc(-c2cccc(NC(C)(C)C)n2)nn1C1CCC(C)(C)CC1. The first-order valence-electron chi connectivity index (χ1n) is 10.8. The normalized spacial score (nSPS) is 18.6. The molecule has 1 N–H and O–H groups in total. The molecule has 6 heteroatoms. The molecule has 0 radical (unpaired) electrons. The van der Waals surface area contributed by atoms with Gasteiger partial charge in [-0.2, -0.15) is 0 Å². The van der Waals surface area contributed by atoms with Crippen molar-refractivity contribution < 1.29 is 4.74 Å². The Morgan fingerprint density at radius 1 is 1.21 bits per heavy atom. The fourth-order valence-corrected chi connectivity index (χ4v) is 4.01. The van der Waals surface area contributed by atoms with Gasteiger partial charge < -0.3 is 10.1 Å². The maximum absolute atomic E-state index is 5.42. The largest absolute Gasteiger partial charge is 0.384 e. The Morgan fingerprint density at radius 3 is 2.52 bits per heavy atom. The Balaban J connectivity index is 1.93. The van der Waals surface area contributed by atoms with Gasteiger partial charge in [0, 0.05) is 18.6 Å². The van der Waals surface area contributed by atoms with Crippen molar-refractivity contribution in [3.05, 3.63) is 24.0 Å². The van der Waals surface area contributed by atoms with E-state index in [4.69, 9.17) is 19.8 Å². The predicted octanol–water partition coefficient (Wildman–Crippen LogP) is 5.44. The Labute approximate surface area is 175 Å². The van der Waals surface area contributed by atoms with Crippen LogP contribution in [0.4, 0.5) is 5.82 Å². The lowest BCUT2D eigenvalue weighted by molar-refractivity contribution is 0.165. The second-order valence-electron chi connectivity index (χ2n) is 10.3. The number of aromatic nitrogens is 4. The highest BCUT2D eigenvalue weighted by Gasteiger charge is 2.31. The molecule has 160 valence electrons. The number of ether oxygens (including phenoxy) is 1. The monoisotopic (exact) mass is 399 g/mol. The molecule has 1 saturated carbocycles. The zero-order valence-corrected chi connectivity index (χ0v) is 19.1. The van der Waals surface area contributed by atoms with Crippen LogP contribution in [0.3, 0.4) is 0 Å². The first kappa shape index (κ1) is 21.8. The first-order valence-corrected chi connectivity index (χ1v) is 10.8. The fraction of sp³-hybridized carbons (Fsp3) is 0.696. The standard InChI is InChI=1S/C23H37N5O/c1-16(15-29-7)21-25-20(18-9-8-10-19(24-18)26-22(2,3)4)27-28(21)17-11-13-23(5,6)14-12-17/h8-10,16-17H,11-15H2,1-7H3,(H,24,26). The molecular formula is C23H37N5O. The number of anilines is 1. The summed E-state index contributed by atoms with van der Waals surface area (Å²) in [6, 6.07) is 6.39. The van der Waals surface area contributed by atoms with E-state index in [1.807, 2.05) is 18.2 Å². The molecule has 0 aliphatic heterocycles. The van der Waals surface area contributed by atoms with Crippen molar-refractivity contribution in [2.24, 2.45) is 5.41 Å². The second-order valence-corrected chi connectivity index (χ2v) is 10.3. The number of methoxy groups -OCH3 is 1. The van der Waals surface area contributed by atoms with Crippen molar-refractivity contribution in [1.82, 2.24) is 19.7 Å². The number of nitrogens with one attached hydrogen (secondary N) is 1. The molecule has 29 heavy (non-hydrogen) atoms. The van der Waals surface area contributed by atoms with Crippen molar-refractivity contribution in [3.63, 3.8) is 0 Å². The maximum Gasteiger partial charge on any atom is 0.200 e. The van der Waals surface area contributed by atoms with Crippen LogP contribution in [0.15, 0.2) is 18.2 Å². The Hall–Kier alpha value is -1.95. The van der Waals surface area contributed by atoms with Gasteiger partial charge in [0.15, 0.2) is 5.82 Å². The minimum Gasteiger partial charge on any atom is -0.384 e. The summed E-state index contributed by atoms with van der Waals surface area (Å²) in [5.41, 5.74) is 1.18. The van der Waals surface area contributed by atoms with E-state index in [-0.39, 0.29) is 11.5 Å². The van der Waals surface area contributed by atoms with Crippen LogP contribution < -0.4 is 5.32 Å². The lowest BCUT2D eigenvalue weighted by atomic mass is 9.75. The van der Waals surface area contributed by atoms with Gasteiger partial charge >= 0.3 is 0 Å². The molecule has 2 aromatic heterocycles. The highest BCUT2D eigenvalue weighted by molar-refractivity contribution is 5.53. The minimum absolute atomic E-state index is 0.0501. The van der Waals surface area contributed by atoms with Gasteiger partial charge in [-0.25, -0.2) is 14.6 Å². The summed E-state index contributed by atoms with van der Waals surface area (Å²) in [6.07, 6.45) is 4.71. The van der Waals surface area contributed by atoms with E-state index in [1.54, 1.807) is 7.11 Å². The van der Waals surface area contributed by atoms with Crippen LogP contribution in [-0.2, 0) is 4.74 Å². The Kier molecular flexibility index (Phi) is 6.32. The van der Waals surface area contributed by atoms with Gasteiger partial charge in [0.25, 0.3) is 0 Å². The quantitative estimate of drug-likeness (QED) is 0.700. The summed E-state index contributed by atoms with van der Waals surface area (Å²) in [5, 5.41) is 8.39. The lowest BCUT2D eigenvalue weighted by Crippen LogP contribution is -2.26. The van der Waals surface area contributed by atoms with Crippen molar-refractivity contribution in [1.29, 1.82) is 0 Å². The third-order valence-electron chi connectivity index (χ3n) is 5.65. The summed E-state index contributed by atoms with van der Waals surface area (Å²) in [7, 11) is 1.74. The van der Waals surface area contributed by atoms with Gasteiger partial charge in [-0.15, -0.1) is 5.10 Å². The summed E-state index contributed by atoms with van der Waals surface area (Å²) in [6.45, 7) is 13.9. The molecule has 1 unspecified atom stereocenters. The van der Waals surface area contributed by atoms with E-state index >= 15 is 0 Å². The molecule has 1 aliphatic carbocycles. The van der Waals surface area contributed by atoms with Crippen molar-refractivity contribution in [2.45, 2.75) is 84.7 Å². The topological polar surface area (TPSA) is 64.9 Å². The van der Waals surface area contributed by atoms with E-state index in [0.717, 1.165) is 30.2 Å². The van der Waals surface area contributed by atoms with Gasteiger partial charge in [0.2, 0.25) is 0 Å². The number of rotatable bonds is 6. The molecule has 0 spiro atoms. The number of hydrogen-bond acceptors (Lipinski definition) is 5. The molecule has 3 rings (SSSR count). The fourth-order valence-electron chi connectivity index (χ4n) is 4.01. The summed E-state index contributed by atoms with van der Waals surface area (Å²) in [5.74, 6) is 2.73. The van der Waals surface area contributed by atoms with Gasteiger partial charge in [-0.1, -0.05) is 26.8 Å². The highest BCUT2D eigenvalue weighted by atomic mass is 16.5. The van der Waals surface area contributed by atoms with Gasteiger partial charge in [-0.3, -0.25) is 0 Å². The van der Waals surface area contributed by atoms with E-state index in [2.05, 4.69) is 51.5 Å². The number of nitrogens with zero attached hydrogens (tertiary/aromatic N) is 4. The molecule has 0 saturated heterocycles. The van der Waals surface area contributed by atoms with E-state index < -0.39 is 0 Å². The zero-order chi connectivity index (χ0) is 21.2. The Morgan fingerprint density at radius 2 is 1.90 bits per heavy atom. The minimum atomic E-state index is -0.0501. The highest BCUT2D eigenvalue weighted by Crippen LogP contribution is 2.41. The van der Waals surface area contributed by atoms with Crippen LogP contribution >= 0.6 is 0 Å². The average molecular weight is 400 g/mol. The molecule has 1 atom stereocenters. The average Bonchev–Trinajstić information content (AvgIpc) is 3.06. The first-order chi connectivity index (χ1) is 13.6. The molecule has 0 bridgehead atoms. The molecule has 1 fully saturated rings. The summed E-state index contributed by atoms with van der Waals surface area (Å²) < 4.78 is 7.58. The molecule has 0 aromatic carbocycles. The predicted molar refractivity (Wildman–Crippen MR) is 118 cm³/mol. The molecular weight excluding hydrogens is 362 g/mol. The van der Waals surface area contributed by atoms with Crippen LogP contribution in [0.2, 0.25) is 0 Å². The number of pyridine rings is 1. The van der Waals surface area contributed by atoms with Crippen LogP contribution in [0.1, 0.15) is 85.0 Å². The summed E-state index contributed by atoms with van der Waals surface area (Å²) >= 11 is 0. The summed E-state index contributed by atoms with van der Waals surface area (Å²) in [4.78, 5) is 9.71. The van der Waals surface area contributed by atoms with Crippen molar-refractivity contribution in [3.8, 4) is 11.5 Å². The van der Waals surface area contributed by atoms with E-state index in [0.29, 0.717) is 23.9 Å². The van der Waals surface area contributed by atoms with Gasteiger partial charge in [0.05, 0.1) is 12.6 Å². The molecule has 6 nitrogen and oxygen atoms in total. The van der Waals surface area contributed by atoms with Gasteiger partial charge in [0.1, 0.15) is 17.3 Å². The van der Waals surface area contributed by atoms with Crippen molar-refractivity contribution >= 4 is 5.82 Å². The van der Waals surface area contributed by atoms with Crippen molar-refractivity contribution in [2.75, 3.05) is 19.0 Å². The second kappa shape index (κ2) is 8.42. The van der Waals surface area contributed by atoms with Crippen LogP contribution in [0.5, 0.6) is 0 Å². The van der Waals surface area contributed by atoms with E-state index in [1.165, 1.54) is 12.8 Å². The van der Waals surface area contributed by atoms with Crippen LogP contribution in [0.25, 0.3) is 11.5 Å². The Bertz CT molecular complexity index is 811. The molecule has 2 heterocycles. The van der Waals surface area contributed by atoms with E-state index in [9.17, 15) is 0 Å². The van der Waals surface area contributed by atoms with Crippen LogP contribution in [0, 0.1) is 5.41 Å². The maximum atomic E-state index is 5.42. The smallest absolute Gasteiger partial charge is 0.200 e. The zero-order valence-electron chi connectivity index (χ0n) is 19.1. The third-order valence-corrected chi connectivity index (χ3v) is 5.65. The van der Waals surface area contributed by atoms with Gasteiger partial charge in [-0.05, 0) is 64.0 Å². The van der Waals surface area contributed by atoms with Crippen LogP contribution in [-0.4, -0.2) is 39.0 Å². The molecule has 2 aromatic rings. The molecule has 0 amide bonds. The molecule has 1 aliphatic rings. The third kappa shape index (κ3) is 5.56. The number of hydrogen-bond donors (Lipinski definition) is 1. The lowest BCUT2D eigenvalue weighted by Gasteiger charge is -2.35.